The average Bonchev–Trinajstić information content (AvgIpc) is 1.81. The predicted molar refractivity (Wildman–Crippen MR) is 41.5 cm³/mol. The van der Waals surface area contributed by atoms with Crippen molar-refractivity contribution in [3.8, 4) is 0 Å². The Labute approximate surface area is 55.7 Å². The quantitative estimate of drug-likeness (QED) is 0.324. The van der Waals surface area contributed by atoms with Crippen molar-refractivity contribution < 1.29 is 0 Å². The highest BCUT2D eigenvalue weighted by Crippen LogP contribution is 1.94. The Balaban J connectivity index is 2.80. The number of rotatable bonds is 4. The van der Waals surface area contributed by atoms with E-state index >= 15 is 0 Å². The highest BCUT2D eigenvalue weighted by molar-refractivity contribution is 7.97. The first-order valence-electron chi connectivity index (χ1n) is 2.96. The van der Waals surface area contributed by atoms with Crippen LogP contribution < -0.4 is 0 Å². The molecule has 0 aliphatic rings. The second-order valence-corrected chi connectivity index (χ2v) is 2.19. The summed E-state index contributed by atoms with van der Waals surface area (Å²) >= 11 is 1.52. The van der Waals surface area contributed by atoms with Crippen LogP contribution in [0.15, 0.2) is 4.40 Å². The van der Waals surface area contributed by atoms with Crippen molar-refractivity contribution in [2.24, 2.45) is 4.40 Å². The first kappa shape index (κ1) is 8.02. The van der Waals surface area contributed by atoms with Crippen LogP contribution >= 0.6 is 11.9 Å². The number of unbranched alkanes of at least 4 members (excludes halogenated alkanes) is 2. The molecule has 0 aromatic heterocycles. The van der Waals surface area contributed by atoms with E-state index in [4.69, 9.17) is 0 Å². The fourth-order valence-electron chi connectivity index (χ4n) is 0.423. The van der Waals surface area contributed by atoms with Gasteiger partial charge in [-0.05, 0) is 24.8 Å². The highest BCUT2D eigenvalue weighted by Gasteiger charge is 1.75. The zero-order valence-corrected chi connectivity index (χ0v) is 6.37. The third-order valence-corrected chi connectivity index (χ3v) is 1.23. The first-order chi connectivity index (χ1) is 3.91. The maximum atomic E-state index is 4.00. The molecule has 48 valence electrons. The number of hydrogen-bond acceptors (Lipinski definition) is 2. The van der Waals surface area contributed by atoms with Crippen LogP contribution in [0.25, 0.3) is 0 Å². The van der Waals surface area contributed by atoms with E-state index in [1.807, 2.05) is 12.5 Å². The van der Waals surface area contributed by atoms with E-state index in [1.54, 1.807) is 0 Å². The molecule has 0 spiro atoms. The Bertz CT molecular complexity index is 61.5. The molecule has 0 aliphatic heterocycles. The van der Waals surface area contributed by atoms with Crippen LogP contribution in [-0.2, 0) is 0 Å². The summed E-state index contributed by atoms with van der Waals surface area (Å²) in [5.41, 5.74) is 0. The van der Waals surface area contributed by atoms with Gasteiger partial charge in [0.1, 0.15) is 0 Å². The van der Waals surface area contributed by atoms with E-state index < -0.39 is 0 Å². The van der Waals surface area contributed by atoms with E-state index in [2.05, 4.69) is 11.3 Å². The molecule has 0 aromatic carbocycles. The smallest absolute Gasteiger partial charge is 0.0126 e. The van der Waals surface area contributed by atoms with Gasteiger partial charge in [0.15, 0.2) is 0 Å². The molecule has 0 aliphatic carbocycles. The Morgan fingerprint density at radius 2 is 2.38 bits per heavy atom. The van der Waals surface area contributed by atoms with E-state index in [9.17, 15) is 0 Å². The topological polar surface area (TPSA) is 12.4 Å². The lowest BCUT2D eigenvalue weighted by Crippen LogP contribution is -1.71. The molecule has 1 nitrogen and oxygen atoms in total. The van der Waals surface area contributed by atoms with Gasteiger partial charge in [-0.2, -0.15) is 0 Å². The van der Waals surface area contributed by atoms with Crippen molar-refractivity contribution >= 4 is 18.2 Å². The van der Waals surface area contributed by atoms with Crippen molar-refractivity contribution in [1.82, 2.24) is 0 Å². The summed E-state index contributed by atoms with van der Waals surface area (Å²) in [4.78, 5) is 0. The second-order valence-electron chi connectivity index (χ2n) is 1.61. The summed E-state index contributed by atoms with van der Waals surface area (Å²) in [7, 11) is 0. The van der Waals surface area contributed by atoms with Gasteiger partial charge in [0, 0.05) is 12.5 Å². The molecule has 0 radical (unpaired) electrons. The lowest BCUT2D eigenvalue weighted by molar-refractivity contribution is 0.843. The lowest BCUT2D eigenvalue weighted by atomic mass is 10.3. The average molecular weight is 131 g/mol. The Kier molecular flexibility index (Phi) is 7.04. The maximum Gasteiger partial charge on any atom is 0.0126 e. The largest absolute Gasteiger partial charge is 0.229 e. The third-order valence-electron chi connectivity index (χ3n) is 0.867. The van der Waals surface area contributed by atoms with E-state index in [0.29, 0.717) is 0 Å². The van der Waals surface area contributed by atoms with Gasteiger partial charge < -0.3 is 0 Å². The molecule has 2 heteroatoms. The molecule has 0 unspecified atom stereocenters. The fourth-order valence-corrected chi connectivity index (χ4v) is 0.677. The minimum Gasteiger partial charge on any atom is -0.229 e. The highest BCUT2D eigenvalue weighted by atomic mass is 32.2. The van der Waals surface area contributed by atoms with Gasteiger partial charge in [-0.3, -0.25) is 0 Å². The first-order valence-corrected chi connectivity index (χ1v) is 4.15. The second kappa shape index (κ2) is 7.02. The van der Waals surface area contributed by atoms with E-state index in [-0.39, 0.29) is 0 Å². The summed E-state index contributed by atoms with van der Waals surface area (Å²) in [6.07, 6.45) is 7.62. The van der Waals surface area contributed by atoms with Gasteiger partial charge in [0.25, 0.3) is 0 Å². The molecule has 0 saturated carbocycles. The van der Waals surface area contributed by atoms with Crippen LogP contribution in [0.5, 0.6) is 0 Å². The van der Waals surface area contributed by atoms with Gasteiger partial charge in [-0.1, -0.05) is 13.3 Å². The van der Waals surface area contributed by atoms with Crippen molar-refractivity contribution in [1.29, 1.82) is 0 Å². The zero-order chi connectivity index (χ0) is 6.24. The van der Waals surface area contributed by atoms with Crippen LogP contribution in [0.4, 0.5) is 0 Å². The van der Waals surface area contributed by atoms with Crippen molar-refractivity contribution in [2.75, 3.05) is 6.26 Å². The Morgan fingerprint density at radius 1 is 1.62 bits per heavy atom. The Morgan fingerprint density at radius 3 is 2.88 bits per heavy atom. The van der Waals surface area contributed by atoms with Crippen LogP contribution in [-0.4, -0.2) is 12.5 Å². The van der Waals surface area contributed by atoms with Crippen LogP contribution in [0, 0.1) is 0 Å². The molecule has 0 aromatic rings. The van der Waals surface area contributed by atoms with Gasteiger partial charge in [-0.25, -0.2) is 4.40 Å². The van der Waals surface area contributed by atoms with Gasteiger partial charge >= 0.3 is 0 Å². The summed E-state index contributed by atoms with van der Waals surface area (Å²) in [6.45, 7) is 2.19. The monoisotopic (exact) mass is 131 g/mol. The number of hydrogen-bond donors (Lipinski definition) is 0. The van der Waals surface area contributed by atoms with Gasteiger partial charge in [-0.15, -0.1) is 0 Å². The zero-order valence-electron chi connectivity index (χ0n) is 5.55. The minimum absolute atomic E-state index is 1.14. The van der Waals surface area contributed by atoms with E-state index in [0.717, 1.165) is 6.42 Å². The van der Waals surface area contributed by atoms with Crippen molar-refractivity contribution in [3.05, 3.63) is 0 Å². The summed E-state index contributed by atoms with van der Waals surface area (Å²) < 4.78 is 4.00. The molecule has 8 heavy (non-hydrogen) atoms. The molecular formula is C6H13NS. The SMILES string of the molecule is CCCCC=NSC. The van der Waals surface area contributed by atoms with E-state index in [1.165, 1.54) is 24.8 Å². The molecule has 0 bridgehead atoms. The summed E-state index contributed by atoms with van der Waals surface area (Å²) in [5.74, 6) is 0. The molecule has 0 heterocycles. The molecule has 0 saturated heterocycles. The van der Waals surface area contributed by atoms with Crippen LogP contribution in [0.2, 0.25) is 0 Å². The third kappa shape index (κ3) is 6.02. The maximum absolute atomic E-state index is 4.00. The molecule has 0 rings (SSSR count). The van der Waals surface area contributed by atoms with Crippen molar-refractivity contribution in [2.45, 2.75) is 26.2 Å². The molecular weight excluding hydrogens is 118 g/mol. The van der Waals surface area contributed by atoms with Gasteiger partial charge in [0.2, 0.25) is 0 Å². The number of nitrogens with zero attached hydrogens (tertiary/aromatic N) is 1. The molecule has 0 amide bonds. The standard InChI is InChI=1S/C6H13NS/c1-3-4-5-6-7-8-2/h6H,3-5H2,1-2H3. The minimum atomic E-state index is 1.14. The normalized spacial score (nSPS) is 10.8. The Hall–Kier alpha value is 0.0200. The molecule has 0 atom stereocenters. The van der Waals surface area contributed by atoms with Crippen LogP contribution in [0.1, 0.15) is 26.2 Å². The lowest BCUT2D eigenvalue weighted by Gasteiger charge is -1.84. The molecule has 0 fully saturated rings. The predicted octanol–water partition coefficient (Wildman–Crippen LogP) is 2.53. The molecule has 0 N–H and O–H groups in total. The summed E-state index contributed by atoms with van der Waals surface area (Å²) in [6, 6.07) is 0. The fraction of sp³-hybridized carbons (Fsp3) is 0.833. The summed E-state index contributed by atoms with van der Waals surface area (Å²) in [5, 5.41) is 0. The van der Waals surface area contributed by atoms with Crippen molar-refractivity contribution in [3.63, 3.8) is 0 Å². The van der Waals surface area contributed by atoms with Crippen LogP contribution in [0.3, 0.4) is 0 Å². The van der Waals surface area contributed by atoms with Gasteiger partial charge in [0.05, 0.1) is 0 Å².